The Morgan fingerprint density at radius 2 is 1.69 bits per heavy atom. The molecule has 0 aliphatic heterocycles. The quantitative estimate of drug-likeness (QED) is 0.350. The number of anilines is 2. The molecular weight excluding hydrogens is 426 g/mol. The van der Waals surface area contributed by atoms with E-state index in [0.29, 0.717) is 17.8 Å². The highest BCUT2D eigenvalue weighted by atomic mass is 32.1. The lowest BCUT2D eigenvalue weighted by Crippen LogP contribution is -2.18. The molecule has 0 bridgehead atoms. The first-order valence-electron chi connectivity index (χ1n) is 11.0. The van der Waals surface area contributed by atoms with Crippen LogP contribution in [-0.4, -0.2) is 15.2 Å². The van der Waals surface area contributed by atoms with Crippen LogP contribution in [0.15, 0.2) is 54.7 Å². The molecule has 1 aliphatic rings. The van der Waals surface area contributed by atoms with Crippen LogP contribution in [0.5, 0.6) is 0 Å². The highest BCUT2D eigenvalue weighted by molar-refractivity contribution is 7.15. The molecule has 0 amide bonds. The molecule has 2 heterocycles. The van der Waals surface area contributed by atoms with Crippen molar-refractivity contribution < 1.29 is 8.78 Å². The fourth-order valence-electron chi connectivity index (χ4n) is 4.75. The molecule has 0 spiro atoms. The van der Waals surface area contributed by atoms with Gasteiger partial charge < -0.3 is 5.32 Å². The van der Waals surface area contributed by atoms with E-state index in [9.17, 15) is 8.78 Å². The van der Waals surface area contributed by atoms with Gasteiger partial charge >= 0.3 is 0 Å². The summed E-state index contributed by atoms with van der Waals surface area (Å²) in [6.45, 7) is 2.23. The van der Waals surface area contributed by atoms with Gasteiger partial charge in [0.2, 0.25) is 5.13 Å². The number of aromatic nitrogens is 3. The Labute approximate surface area is 189 Å². The van der Waals surface area contributed by atoms with Crippen molar-refractivity contribution >= 4 is 33.1 Å². The molecule has 164 valence electrons. The average Bonchev–Trinajstić information content (AvgIpc) is 3.28. The standard InChI is InChI=1S/C25H24F2N4S/c1-15(24-30-31-25(32-24)29-20-9-6-18(26)7-10-20)16-2-4-17(5-3-16)21-12-13-28-23-11-8-19(27)14-22(21)23/h6-17H,2-5H2,1H3,(H,29,31)/t15-,16?,17?/m1/s1. The van der Waals surface area contributed by atoms with Crippen LogP contribution in [0.1, 0.15) is 55.0 Å². The molecule has 5 rings (SSSR count). The van der Waals surface area contributed by atoms with Crippen molar-refractivity contribution in [2.45, 2.75) is 44.4 Å². The van der Waals surface area contributed by atoms with Gasteiger partial charge in [0, 0.05) is 23.2 Å². The number of halogens is 2. The van der Waals surface area contributed by atoms with Gasteiger partial charge in [-0.3, -0.25) is 4.98 Å². The zero-order valence-corrected chi connectivity index (χ0v) is 18.6. The minimum absolute atomic E-state index is 0.213. The second-order valence-electron chi connectivity index (χ2n) is 8.54. The monoisotopic (exact) mass is 450 g/mol. The van der Waals surface area contributed by atoms with Crippen LogP contribution in [0.25, 0.3) is 10.9 Å². The SMILES string of the molecule is C[C@@H](c1nnc(Nc2ccc(F)cc2)s1)C1CCC(c2ccnc3ccc(F)cc23)CC1. The van der Waals surface area contributed by atoms with E-state index >= 15 is 0 Å². The molecule has 1 N–H and O–H groups in total. The topological polar surface area (TPSA) is 50.7 Å². The zero-order valence-electron chi connectivity index (χ0n) is 17.8. The van der Waals surface area contributed by atoms with E-state index in [-0.39, 0.29) is 11.6 Å². The maximum Gasteiger partial charge on any atom is 0.210 e. The highest BCUT2D eigenvalue weighted by Crippen LogP contribution is 2.44. The summed E-state index contributed by atoms with van der Waals surface area (Å²) < 4.78 is 26.9. The van der Waals surface area contributed by atoms with Gasteiger partial charge in [-0.1, -0.05) is 18.3 Å². The number of benzene rings is 2. The summed E-state index contributed by atoms with van der Waals surface area (Å²) in [6, 6.07) is 13.1. The summed E-state index contributed by atoms with van der Waals surface area (Å²) in [5.74, 6) is 0.820. The lowest BCUT2D eigenvalue weighted by molar-refractivity contribution is 0.290. The number of hydrogen-bond acceptors (Lipinski definition) is 5. The van der Waals surface area contributed by atoms with Gasteiger partial charge in [0.1, 0.15) is 16.6 Å². The summed E-state index contributed by atoms with van der Waals surface area (Å²) in [4.78, 5) is 4.39. The minimum Gasteiger partial charge on any atom is -0.330 e. The Morgan fingerprint density at radius 1 is 0.938 bits per heavy atom. The Hall–Kier alpha value is -2.93. The van der Waals surface area contributed by atoms with E-state index in [4.69, 9.17) is 0 Å². The van der Waals surface area contributed by atoms with Crippen LogP contribution < -0.4 is 5.32 Å². The third-order valence-corrected chi connectivity index (χ3v) is 7.62. The molecule has 2 aromatic carbocycles. The first-order chi connectivity index (χ1) is 15.6. The predicted octanol–water partition coefficient (Wildman–Crippen LogP) is 7.19. The third kappa shape index (κ3) is 4.35. The van der Waals surface area contributed by atoms with Crippen LogP contribution in [0.2, 0.25) is 0 Å². The van der Waals surface area contributed by atoms with Gasteiger partial charge in [0.05, 0.1) is 5.52 Å². The van der Waals surface area contributed by atoms with Crippen molar-refractivity contribution in [3.05, 3.63) is 76.9 Å². The number of fused-ring (bicyclic) bond motifs is 1. The molecule has 0 radical (unpaired) electrons. The van der Waals surface area contributed by atoms with Crippen molar-refractivity contribution in [3.8, 4) is 0 Å². The van der Waals surface area contributed by atoms with Crippen molar-refractivity contribution in [1.29, 1.82) is 0 Å². The summed E-state index contributed by atoms with van der Waals surface area (Å²) >= 11 is 1.56. The first kappa shape index (κ1) is 20.9. The van der Waals surface area contributed by atoms with Crippen LogP contribution in [0.4, 0.5) is 19.6 Å². The number of rotatable bonds is 5. The molecule has 0 unspecified atom stereocenters. The summed E-state index contributed by atoms with van der Waals surface area (Å²) in [6.07, 6.45) is 6.19. The van der Waals surface area contributed by atoms with E-state index in [1.165, 1.54) is 23.8 Å². The lowest BCUT2D eigenvalue weighted by atomic mass is 9.74. The molecule has 1 fully saturated rings. The fraction of sp³-hybridized carbons (Fsp3) is 0.320. The second-order valence-corrected chi connectivity index (χ2v) is 9.55. The van der Waals surface area contributed by atoms with Gasteiger partial charge in [-0.2, -0.15) is 0 Å². The maximum atomic E-state index is 13.8. The molecule has 32 heavy (non-hydrogen) atoms. The normalized spacial score (nSPS) is 19.7. The number of hydrogen-bond donors (Lipinski definition) is 1. The van der Waals surface area contributed by atoms with Crippen LogP contribution >= 0.6 is 11.3 Å². The van der Waals surface area contributed by atoms with E-state index in [1.807, 2.05) is 12.3 Å². The number of nitrogens with one attached hydrogen (secondary N) is 1. The smallest absolute Gasteiger partial charge is 0.210 e. The van der Waals surface area contributed by atoms with Crippen LogP contribution in [0.3, 0.4) is 0 Å². The molecule has 7 heteroatoms. The van der Waals surface area contributed by atoms with Crippen molar-refractivity contribution in [2.24, 2.45) is 5.92 Å². The molecule has 4 aromatic rings. The van der Waals surface area contributed by atoms with Crippen molar-refractivity contribution in [2.75, 3.05) is 5.32 Å². The van der Waals surface area contributed by atoms with Gasteiger partial charge in [-0.05, 0) is 91.6 Å². The van der Waals surface area contributed by atoms with Crippen molar-refractivity contribution in [1.82, 2.24) is 15.2 Å². The first-order valence-corrected chi connectivity index (χ1v) is 11.8. The molecule has 1 saturated carbocycles. The van der Waals surface area contributed by atoms with Gasteiger partial charge in [-0.15, -0.1) is 10.2 Å². The summed E-state index contributed by atoms with van der Waals surface area (Å²) in [5.41, 5.74) is 2.86. The Morgan fingerprint density at radius 3 is 2.47 bits per heavy atom. The summed E-state index contributed by atoms with van der Waals surface area (Å²) in [5, 5.41) is 14.6. The Bertz CT molecular complexity index is 1220. The van der Waals surface area contributed by atoms with Gasteiger partial charge in [0.25, 0.3) is 0 Å². The molecule has 1 aliphatic carbocycles. The van der Waals surface area contributed by atoms with Gasteiger partial charge in [0.15, 0.2) is 0 Å². The zero-order chi connectivity index (χ0) is 22.1. The minimum atomic E-state index is -0.261. The van der Waals surface area contributed by atoms with Gasteiger partial charge in [-0.25, -0.2) is 8.78 Å². The Kier molecular flexibility index (Phi) is 5.83. The molecule has 1 atom stereocenters. The van der Waals surface area contributed by atoms with E-state index in [2.05, 4.69) is 27.4 Å². The number of pyridine rings is 1. The fourth-order valence-corrected chi connectivity index (χ4v) is 5.66. The summed E-state index contributed by atoms with van der Waals surface area (Å²) in [7, 11) is 0. The molecule has 4 nitrogen and oxygen atoms in total. The third-order valence-electron chi connectivity index (χ3n) is 6.58. The van der Waals surface area contributed by atoms with E-state index in [0.717, 1.165) is 52.4 Å². The van der Waals surface area contributed by atoms with E-state index in [1.54, 1.807) is 35.6 Å². The average molecular weight is 451 g/mol. The predicted molar refractivity (Wildman–Crippen MR) is 124 cm³/mol. The van der Waals surface area contributed by atoms with Crippen molar-refractivity contribution in [3.63, 3.8) is 0 Å². The second kappa shape index (κ2) is 8.90. The number of nitrogens with zero attached hydrogens (tertiary/aromatic N) is 3. The Balaban J connectivity index is 1.24. The largest absolute Gasteiger partial charge is 0.330 e. The molecule has 2 aromatic heterocycles. The maximum absolute atomic E-state index is 13.8. The van der Waals surface area contributed by atoms with Crippen LogP contribution in [-0.2, 0) is 0 Å². The van der Waals surface area contributed by atoms with Crippen LogP contribution in [0, 0.1) is 17.6 Å². The molecular formula is C25H24F2N4S. The lowest BCUT2D eigenvalue weighted by Gasteiger charge is -2.32. The van der Waals surface area contributed by atoms with E-state index < -0.39 is 0 Å². The molecule has 0 saturated heterocycles. The highest BCUT2D eigenvalue weighted by Gasteiger charge is 2.29.